The molecule has 0 spiro atoms. The van der Waals surface area contributed by atoms with Crippen molar-refractivity contribution in [1.29, 1.82) is 0 Å². The van der Waals surface area contributed by atoms with Gasteiger partial charge in [0, 0.05) is 54.3 Å². The van der Waals surface area contributed by atoms with Crippen LogP contribution in [-0.4, -0.2) is 67.0 Å². The monoisotopic (exact) mass is 602 g/mol. The molecule has 1 atom stereocenters. The Morgan fingerprint density at radius 1 is 0.933 bits per heavy atom. The van der Waals surface area contributed by atoms with Crippen LogP contribution < -0.4 is 10.1 Å². The molecule has 3 heterocycles. The van der Waals surface area contributed by atoms with Gasteiger partial charge in [-0.3, -0.25) is 9.59 Å². The predicted molar refractivity (Wildman–Crippen MR) is 180 cm³/mol. The van der Waals surface area contributed by atoms with Crippen LogP contribution in [0.4, 0.5) is 0 Å². The number of likely N-dealkylation sites (N-methyl/N-ethyl adjacent to an activating group) is 1. The van der Waals surface area contributed by atoms with Crippen LogP contribution in [0.15, 0.2) is 72.3 Å². The van der Waals surface area contributed by atoms with Crippen molar-refractivity contribution in [2.24, 2.45) is 0 Å². The number of carbonyl (C=O) groups excluding carboxylic acids is 2. The van der Waals surface area contributed by atoms with Crippen LogP contribution in [0.25, 0.3) is 28.2 Å². The van der Waals surface area contributed by atoms with Crippen LogP contribution in [0.2, 0.25) is 0 Å². The molecule has 7 heteroatoms. The Kier molecular flexibility index (Phi) is 7.96. The lowest BCUT2D eigenvalue weighted by Gasteiger charge is -2.40. The lowest BCUT2D eigenvalue weighted by atomic mass is 9.81. The van der Waals surface area contributed by atoms with Crippen molar-refractivity contribution in [3.05, 3.63) is 94.6 Å². The Morgan fingerprint density at radius 2 is 1.73 bits per heavy atom. The van der Waals surface area contributed by atoms with Gasteiger partial charge in [-0.15, -0.1) is 0 Å². The predicted octanol–water partition coefficient (Wildman–Crippen LogP) is 6.64. The van der Waals surface area contributed by atoms with Crippen molar-refractivity contribution in [2.45, 2.75) is 50.6 Å². The number of piperazine rings is 1. The van der Waals surface area contributed by atoms with Crippen LogP contribution in [0, 0.1) is 0 Å². The molecule has 2 aliphatic heterocycles. The number of aromatic nitrogens is 1. The van der Waals surface area contributed by atoms with Crippen LogP contribution in [0.5, 0.6) is 5.75 Å². The van der Waals surface area contributed by atoms with Gasteiger partial charge in [0.1, 0.15) is 5.75 Å². The molecule has 7 nitrogen and oxygen atoms in total. The summed E-state index contributed by atoms with van der Waals surface area (Å²) in [5, 5.41) is 3.97. The number of methoxy groups -OCH3 is 1. The quantitative estimate of drug-likeness (QED) is 0.278. The maximum Gasteiger partial charge on any atom is 0.252 e. The van der Waals surface area contributed by atoms with E-state index in [1.54, 1.807) is 14.2 Å². The smallest absolute Gasteiger partial charge is 0.252 e. The number of rotatable bonds is 5. The molecular weight excluding hydrogens is 560 g/mol. The fourth-order valence-electron chi connectivity index (χ4n) is 7.76. The second kappa shape index (κ2) is 12.2. The molecule has 1 N–H and O–H groups in total. The lowest BCUT2D eigenvalue weighted by Crippen LogP contribution is -2.49. The van der Waals surface area contributed by atoms with E-state index in [4.69, 9.17) is 4.74 Å². The minimum Gasteiger partial charge on any atom is -0.497 e. The maximum absolute atomic E-state index is 14.8. The number of nitrogens with zero attached hydrogens (tertiary/aromatic N) is 3. The van der Waals surface area contributed by atoms with Crippen LogP contribution >= 0.6 is 0 Å². The minimum atomic E-state index is -0.111. The number of carbonyl (C=O) groups is 2. The average molecular weight is 603 g/mol. The minimum absolute atomic E-state index is 0.0371. The van der Waals surface area contributed by atoms with Gasteiger partial charge in [-0.2, -0.15) is 0 Å². The van der Waals surface area contributed by atoms with Gasteiger partial charge in [-0.1, -0.05) is 55.7 Å². The van der Waals surface area contributed by atoms with Crippen molar-refractivity contribution in [2.75, 3.05) is 40.8 Å². The van der Waals surface area contributed by atoms with E-state index in [0.29, 0.717) is 24.6 Å². The molecule has 7 rings (SSSR count). The largest absolute Gasteiger partial charge is 0.497 e. The Hall–Kier alpha value is -4.36. The summed E-state index contributed by atoms with van der Waals surface area (Å²) >= 11 is 0. The summed E-state index contributed by atoms with van der Waals surface area (Å²) in [6.07, 6.45) is 8.09. The molecule has 4 aromatic rings. The van der Waals surface area contributed by atoms with Gasteiger partial charge in [-0.25, -0.2) is 0 Å². The number of fused-ring (bicyclic) bond motifs is 5. The van der Waals surface area contributed by atoms with E-state index in [0.717, 1.165) is 59.5 Å². The molecule has 3 aliphatic rings. The first-order valence-electron chi connectivity index (χ1n) is 16.3. The molecule has 2 amide bonds. The van der Waals surface area contributed by atoms with Gasteiger partial charge in [-0.05, 0) is 78.9 Å². The average Bonchev–Trinajstić information content (AvgIpc) is 3.30. The Morgan fingerprint density at radius 3 is 2.49 bits per heavy atom. The van der Waals surface area contributed by atoms with E-state index in [1.165, 1.54) is 35.9 Å². The Labute approximate surface area is 265 Å². The molecule has 1 saturated heterocycles. The number of benzene rings is 3. The molecule has 0 radical (unpaired) electrons. The molecule has 1 aromatic heterocycles. The zero-order valence-electron chi connectivity index (χ0n) is 26.5. The molecule has 1 saturated carbocycles. The molecule has 1 unspecified atom stereocenters. The third kappa shape index (κ3) is 5.33. The summed E-state index contributed by atoms with van der Waals surface area (Å²) in [5.41, 5.74) is 8.14. The third-order valence-corrected chi connectivity index (χ3v) is 10.1. The molecule has 1 aliphatic carbocycles. The first-order chi connectivity index (χ1) is 22.0. The van der Waals surface area contributed by atoms with E-state index >= 15 is 0 Å². The van der Waals surface area contributed by atoms with Gasteiger partial charge in [0.2, 0.25) is 0 Å². The highest BCUT2D eigenvalue weighted by Gasteiger charge is 2.35. The highest BCUT2D eigenvalue weighted by Crippen LogP contribution is 2.47. The number of amides is 2. The first-order valence-corrected chi connectivity index (χ1v) is 16.3. The Balaban J connectivity index is 1.42. The van der Waals surface area contributed by atoms with E-state index < -0.39 is 0 Å². The van der Waals surface area contributed by atoms with Crippen LogP contribution in [0.1, 0.15) is 71.1 Å². The molecule has 45 heavy (non-hydrogen) atoms. The summed E-state index contributed by atoms with van der Waals surface area (Å²) < 4.78 is 8.01. The fraction of sp³-hybridized carbons (Fsp3) is 0.368. The van der Waals surface area contributed by atoms with Crippen molar-refractivity contribution in [3.8, 4) is 17.0 Å². The first kappa shape index (κ1) is 29.4. The van der Waals surface area contributed by atoms with Crippen LogP contribution in [-0.2, 0) is 11.3 Å². The van der Waals surface area contributed by atoms with E-state index in [9.17, 15) is 9.59 Å². The van der Waals surface area contributed by atoms with Crippen molar-refractivity contribution < 1.29 is 14.3 Å². The van der Waals surface area contributed by atoms with E-state index in [2.05, 4.69) is 75.3 Å². The summed E-state index contributed by atoms with van der Waals surface area (Å²) in [6.45, 7) is 2.70. The van der Waals surface area contributed by atoms with Crippen molar-refractivity contribution in [1.82, 2.24) is 19.7 Å². The number of nitrogens with one attached hydrogen (secondary N) is 1. The Bertz CT molecular complexity index is 1780. The van der Waals surface area contributed by atoms with Crippen LogP contribution in [0.3, 0.4) is 0 Å². The fourth-order valence-corrected chi connectivity index (χ4v) is 7.76. The number of hydrogen-bond donors (Lipinski definition) is 1. The standard InChI is InChI=1S/C38H42N4O3/c1-39-37(43)27-14-16-32-33(22-27)42-23-29(38(44)41-19-18-40(2)24-34(41)25-10-6-4-7-11-25)20-28-21-30(45-3)15-17-31(28)36(42)35(32)26-12-8-5-9-13-26/h4,6-7,10-11,14-17,20-22,26,34H,5,8-9,12-13,18-19,23-24H2,1-3H3,(H,39,43). The van der Waals surface area contributed by atoms with Gasteiger partial charge in [0.15, 0.2) is 0 Å². The summed E-state index contributed by atoms with van der Waals surface area (Å²) in [4.78, 5) is 32.0. The third-order valence-electron chi connectivity index (χ3n) is 10.1. The lowest BCUT2D eigenvalue weighted by molar-refractivity contribution is -0.132. The zero-order chi connectivity index (χ0) is 31.1. The topological polar surface area (TPSA) is 66.8 Å². The molecule has 0 bridgehead atoms. The molecule has 2 fully saturated rings. The van der Waals surface area contributed by atoms with Gasteiger partial charge in [0.05, 0.1) is 25.4 Å². The second-order valence-corrected chi connectivity index (χ2v) is 12.8. The molecule has 232 valence electrons. The normalized spacial score (nSPS) is 19.0. The number of ether oxygens (including phenoxy) is 1. The van der Waals surface area contributed by atoms with Gasteiger partial charge < -0.3 is 24.4 Å². The van der Waals surface area contributed by atoms with Crippen molar-refractivity contribution >= 4 is 28.8 Å². The second-order valence-electron chi connectivity index (χ2n) is 12.8. The SMILES string of the molecule is CNC(=O)c1ccc2c(C3CCCCC3)c3n(c2c1)CC(C(=O)N1CCN(C)CC1c1ccccc1)=Cc1cc(OC)ccc1-3. The van der Waals surface area contributed by atoms with E-state index in [1.807, 2.05) is 24.3 Å². The van der Waals surface area contributed by atoms with Gasteiger partial charge >= 0.3 is 0 Å². The molecular formula is C38H42N4O3. The maximum atomic E-state index is 14.8. The molecule has 3 aromatic carbocycles. The number of hydrogen-bond acceptors (Lipinski definition) is 4. The highest BCUT2D eigenvalue weighted by atomic mass is 16.5. The van der Waals surface area contributed by atoms with E-state index in [-0.39, 0.29) is 17.9 Å². The zero-order valence-corrected chi connectivity index (χ0v) is 26.5. The summed E-state index contributed by atoms with van der Waals surface area (Å²) in [5.74, 6) is 1.14. The highest BCUT2D eigenvalue weighted by molar-refractivity contribution is 6.04. The summed E-state index contributed by atoms with van der Waals surface area (Å²) in [7, 11) is 5.48. The van der Waals surface area contributed by atoms with Gasteiger partial charge in [0.25, 0.3) is 11.8 Å². The van der Waals surface area contributed by atoms with Crippen molar-refractivity contribution in [3.63, 3.8) is 0 Å². The summed E-state index contributed by atoms with van der Waals surface area (Å²) in [6, 6.07) is 22.7.